The monoisotopic (exact) mass is 496 g/mol. The molecule has 3 aromatic rings. The molecule has 0 unspecified atom stereocenters. The maximum atomic E-state index is 13.1. The number of aryl methyl sites for hydroxylation is 1. The second kappa shape index (κ2) is 10.0. The predicted molar refractivity (Wildman–Crippen MR) is 120 cm³/mol. The third kappa shape index (κ3) is 5.52. The molecule has 12 heteroatoms. The molecule has 1 fully saturated rings. The van der Waals surface area contributed by atoms with Crippen LogP contribution in [0, 0.1) is 12.8 Å². The number of rotatable bonds is 7. The van der Waals surface area contributed by atoms with E-state index in [2.05, 4.69) is 20.6 Å². The lowest BCUT2D eigenvalue weighted by molar-refractivity contribution is -0.146. The summed E-state index contributed by atoms with van der Waals surface area (Å²) in [6.07, 6.45) is -2.81. The van der Waals surface area contributed by atoms with Crippen LogP contribution in [-0.2, 0) is 11.0 Å². The quantitative estimate of drug-likeness (QED) is 0.499. The van der Waals surface area contributed by atoms with Gasteiger partial charge in [0.05, 0.1) is 6.61 Å². The van der Waals surface area contributed by atoms with E-state index in [9.17, 15) is 18.0 Å². The van der Waals surface area contributed by atoms with Gasteiger partial charge in [0.15, 0.2) is 5.65 Å². The molecule has 1 N–H and O–H groups in total. The molecule has 34 heavy (non-hydrogen) atoms. The van der Waals surface area contributed by atoms with Gasteiger partial charge in [0.2, 0.25) is 5.91 Å². The number of hydrogen-bond donors (Lipinski definition) is 1. The van der Waals surface area contributed by atoms with Gasteiger partial charge in [0.1, 0.15) is 11.6 Å². The summed E-state index contributed by atoms with van der Waals surface area (Å²) in [4.78, 5) is 14.4. The second-order valence-corrected chi connectivity index (χ2v) is 8.58. The summed E-state index contributed by atoms with van der Waals surface area (Å²) in [5.74, 6) is -0.173. The van der Waals surface area contributed by atoms with Crippen molar-refractivity contribution in [3.05, 3.63) is 46.7 Å². The van der Waals surface area contributed by atoms with Crippen LogP contribution in [0.1, 0.15) is 30.7 Å². The van der Waals surface area contributed by atoms with Gasteiger partial charge in [-0.15, -0.1) is 15.3 Å². The zero-order chi connectivity index (χ0) is 24.3. The van der Waals surface area contributed by atoms with Crippen molar-refractivity contribution in [2.24, 2.45) is 5.92 Å². The van der Waals surface area contributed by atoms with Crippen molar-refractivity contribution >= 4 is 29.0 Å². The molecule has 1 aliphatic heterocycles. The first-order valence-corrected chi connectivity index (χ1v) is 11.3. The highest BCUT2D eigenvalue weighted by atomic mass is 35.5. The standard InChI is InChI=1S/C22H24ClF3N6O2/c1-14-13-16(23)3-4-17(14)34-12-2-9-27-20(33)15-7-10-31(11-8-15)19-6-5-18-28-29-21(22(24,25)26)32(18)30-19/h3-6,13,15H,2,7-12H2,1H3,(H,27,33). The molecule has 2 aromatic heterocycles. The van der Waals surface area contributed by atoms with Crippen molar-refractivity contribution in [1.82, 2.24) is 25.1 Å². The minimum absolute atomic E-state index is 0.0242. The van der Waals surface area contributed by atoms with Crippen LogP contribution < -0.4 is 15.0 Å². The number of carbonyl (C=O) groups excluding carboxylic acids is 1. The number of alkyl halides is 3. The van der Waals surface area contributed by atoms with Gasteiger partial charge in [0.25, 0.3) is 5.82 Å². The number of anilines is 1. The van der Waals surface area contributed by atoms with Gasteiger partial charge in [-0.2, -0.15) is 17.7 Å². The molecule has 3 heterocycles. The van der Waals surface area contributed by atoms with E-state index in [0.29, 0.717) is 60.9 Å². The number of carbonyl (C=O) groups is 1. The Morgan fingerprint density at radius 2 is 1.97 bits per heavy atom. The van der Waals surface area contributed by atoms with E-state index in [-0.39, 0.29) is 17.5 Å². The summed E-state index contributed by atoms with van der Waals surface area (Å²) in [5, 5.41) is 14.4. The highest BCUT2D eigenvalue weighted by Crippen LogP contribution is 2.29. The minimum Gasteiger partial charge on any atom is -0.493 e. The Labute approximate surface area is 199 Å². The van der Waals surface area contributed by atoms with Crippen LogP contribution in [0.5, 0.6) is 5.75 Å². The first-order chi connectivity index (χ1) is 16.2. The maximum Gasteiger partial charge on any atom is 0.453 e. The SMILES string of the molecule is Cc1cc(Cl)ccc1OCCCNC(=O)C1CCN(c2ccc3nnc(C(F)(F)F)n3n2)CC1. The molecule has 0 radical (unpaired) electrons. The predicted octanol–water partition coefficient (Wildman–Crippen LogP) is 3.91. The van der Waals surface area contributed by atoms with E-state index in [1.54, 1.807) is 12.1 Å². The first-order valence-electron chi connectivity index (χ1n) is 10.9. The largest absolute Gasteiger partial charge is 0.493 e. The van der Waals surface area contributed by atoms with Crippen molar-refractivity contribution in [2.45, 2.75) is 32.4 Å². The Bertz CT molecular complexity index is 1160. The Hall–Kier alpha value is -3.08. The van der Waals surface area contributed by atoms with Crippen molar-refractivity contribution in [1.29, 1.82) is 0 Å². The Kier molecular flexibility index (Phi) is 7.11. The molecule has 1 aliphatic rings. The molecule has 0 aliphatic carbocycles. The molecule has 182 valence electrons. The van der Waals surface area contributed by atoms with Crippen LogP contribution in [0.2, 0.25) is 5.02 Å². The van der Waals surface area contributed by atoms with Gasteiger partial charge in [0, 0.05) is 30.6 Å². The molecular formula is C22H24ClF3N6O2. The number of fused-ring (bicyclic) bond motifs is 1. The number of benzene rings is 1. The Morgan fingerprint density at radius 3 is 2.68 bits per heavy atom. The van der Waals surface area contributed by atoms with Gasteiger partial charge >= 0.3 is 6.18 Å². The third-order valence-electron chi connectivity index (χ3n) is 5.71. The van der Waals surface area contributed by atoms with E-state index in [4.69, 9.17) is 16.3 Å². The topological polar surface area (TPSA) is 84.6 Å². The van der Waals surface area contributed by atoms with Crippen LogP contribution in [-0.4, -0.2) is 52.0 Å². The molecule has 1 amide bonds. The third-order valence-corrected chi connectivity index (χ3v) is 5.94. The van der Waals surface area contributed by atoms with Gasteiger partial charge in [-0.05, 0) is 62.1 Å². The second-order valence-electron chi connectivity index (χ2n) is 8.15. The lowest BCUT2D eigenvalue weighted by atomic mass is 9.96. The summed E-state index contributed by atoms with van der Waals surface area (Å²) in [6.45, 7) is 3.92. The van der Waals surface area contributed by atoms with Crippen molar-refractivity contribution in [3.63, 3.8) is 0 Å². The number of nitrogens with one attached hydrogen (secondary N) is 1. The van der Waals surface area contributed by atoms with E-state index >= 15 is 0 Å². The number of amides is 1. The van der Waals surface area contributed by atoms with Crippen molar-refractivity contribution < 1.29 is 22.7 Å². The molecule has 4 rings (SSSR count). The Balaban J connectivity index is 1.23. The fourth-order valence-electron chi connectivity index (χ4n) is 3.88. The van der Waals surface area contributed by atoms with Gasteiger partial charge in [-0.3, -0.25) is 4.79 Å². The van der Waals surface area contributed by atoms with E-state index in [1.165, 1.54) is 6.07 Å². The molecule has 0 spiro atoms. The van der Waals surface area contributed by atoms with Crippen LogP contribution >= 0.6 is 11.6 Å². The number of halogens is 4. The fourth-order valence-corrected chi connectivity index (χ4v) is 4.11. The van der Waals surface area contributed by atoms with Crippen LogP contribution in [0.4, 0.5) is 19.0 Å². The highest BCUT2D eigenvalue weighted by Gasteiger charge is 2.38. The molecule has 1 saturated heterocycles. The summed E-state index contributed by atoms with van der Waals surface area (Å²) >= 11 is 5.94. The van der Waals surface area contributed by atoms with Gasteiger partial charge in [-0.1, -0.05) is 11.6 Å². The normalized spacial score (nSPS) is 15.0. The lowest BCUT2D eigenvalue weighted by Gasteiger charge is -2.32. The van der Waals surface area contributed by atoms with Crippen LogP contribution in [0.3, 0.4) is 0 Å². The number of ether oxygens (including phenoxy) is 1. The smallest absolute Gasteiger partial charge is 0.453 e. The molecule has 8 nitrogen and oxygen atoms in total. The van der Waals surface area contributed by atoms with Gasteiger partial charge < -0.3 is 15.0 Å². The molecule has 0 bridgehead atoms. The average Bonchev–Trinajstić information content (AvgIpc) is 3.24. The average molecular weight is 497 g/mol. The number of aromatic nitrogens is 4. The van der Waals surface area contributed by atoms with Crippen molar-refractivity contribution in [2.75, 3.05) is 31.1 Å². The Morgan fingerprint density at radius 1 is 1.21 bits per heavy atom. The first kappa shape index (κ1) is 24.1. The summed E-state index contributed by atoms with van der Waals surface area (Å²) in [7, 11) is 0. The van der Waals surface area contributed by atoms with Crippen molar-refractivity contribution in [3.8, 4) is 5.75 Å². The fraction of sp³-hybridized carbons (Fsp3) is 0.455. The number of hydrogen-bond acceptors (Lipinski definition) is 6. The zero-order valence-corrected chi connectivity index (χ0v) is 19.2. The lowest BCUT2D eigenvalue weighted by Crippen LogP contribution is -2.41. The van der Waals surface area contributed by atoms with Gasteiger partial charge in [-0.25, -0.2) is 0 Å². The van der Waals surface area contributed by atoms with E-state index < -0.39 is 12.0 Å². The summed E-state index contributed by atoms with van der Waals surface area (Å²) in [5.41, 5.74) is 0.983. The summed E-state index contributed by atoms with van der Waals surface area (Å²) in [6, 6.07) is 8.50. The molecular weight excluding hydrogens is 473 g/mol. The van der Waals surface area contributed by atoms with Crippen LogP contribution in [0.15, 0.2) is 30.3 Å². The number of nitrogens with zero attached hydrogens (tertiary/aromatic N) is 5. The number of piperidine rings is 1. The molecule has 0 atom stereocenters. The molecule has 1 aromatic carbocycles. The zero-order valence-electron chi connectivity index (χ0n) is 18.5. The van der Waals surface area contributed by atoms with E-state index in [1.807, 2.05) is 24.0 Å². The van der Waals surface area contributed by atoms with E-state index in [0.717, 1.165) is 11.3 Å². The highest BCUT2D eigenvalue weighted by molar-refractivity contribution is 6.30. The van der Waals surface area contributed by atoms with Crippen LogP contribution in [0.25, 0.3) is 5.65 Å². The minimum atomic E-state index is -4.64. The summed E-state index contributed by atoms with van der Waals surface area (Å²) < 4.78 is 45.7. The maximum absolute atomic E-state index is 13.1. The molecule has 0 saturated carbocycles.